The molecule has 0 atom stereocenters. The molecule has 3 amide bonds. The summed E-state index contributed by atoms with van der Waals surface area (Å²) in [7, 11) is 1.56. The molecular weight excluding hydrogens is 514 g/mol. The molecule has 13 nitrogen and oxygen atoms in total. The van der Waals surface area contributed by atoms with Gasteiger partial charge in [0, 0.05) is 45.1 Å². The zero-order chi connectivity index (χ0) is 29.0. The molecule has 0 aromatic carbocycles. The number of aldehydes is 1. The summed E-state index contributed by atoms with van der Waals surface area (Å²) >= 11 is 0. The summed E-state index contributed by atoms with van der Waals surface area (Å²) in [5, 5.41) is 5.51. The number of hydrogen-bond acceptors (Lipinski definition) is 10. The summed E-state index contributed by atoms with van der Waals surface area (Å²) < 4.78 is 32.4. The first-order valence-electron chi connectivity index (χ1n) is 13.3. The third-order valence-electron chi connectivity index (χ3n) is 4.72. The van der Waals surface area contributed by atoms with Gasteiger partial charge in [-0.15, -0.1) is 0 Å². The Hall–Kier alpha value is -2.42. The van der Waals surface area contributed by atoms with Crippen molar-refractivity contribution >= 4 is 24.0 Å². The van der Waals surface area contributed by atoms with E-state index >= 15 is 0 Å². The van der Waals surface area contributed by atoms with Crippen molar-refractivity contribution in [2.45, 2.75) is 32.7 Å². The van der Waals surface area contributed by atoms with E-state index in [0.717, 1.165) is 12.2 Å². The van der Waals surface area contributed by atoms with Crippen LogP contribution in [0.25, 0.3) is 0 Å². The molecule has 0 rings (SSSR count). The van der Waals surface area contributed by atoms with E-state index in [1.807, 2.05) is 13.8 Å². The highest BCUT2D eigenvalue weighted by Gasteiger charge is 2.08. The summed E-state index contributed by atoms with van der Waals surface area (Å²) in [6.07, 6.45) is 3.30. The topological polar surface area (TPSA) is 151 Å². The Morgan fingerprint density at radius 2 is 1.15 bits per heavy atom. The van der Waals surface area contributed by atoms with Crippen molar-refractivity contribution in [3.05, 3.63) is 12.2 Å². The maximum Gasteiger partial charge on any atom is 0.246 e. The molecule has 226 valence electrons. The first kappa shape index (κ1) is 36.6. The van der Waals surface area contributed by atoms with E-state index in [9.17, 15) is 19.2 Å². The third kappa shape index (κ3) is 27.0. The minimum absolute atomic E-state index is 0.0158. The van der Waals surface area contributed by atoms with Crippen LogP contribution < -0.4 is 10.6 Å². The number of carbonyl (C=O) groups excluding carboxylic acids is 4. The maximum atomic E-state index is 11.8. The van der Waals surface area contributed by atoms with Crippen LogP contribution in [0.15, 0.2) is 12.2 Å². The van der Waals surface area contributed by atoms with Crippen LogP contribution in [0, 0.1) is 0 Å². The molecule has 0 radical (unpaired) electrons. The molecule has 0 aromatic rings. The molecule has 0 aliphatic rings. The first-order chi connectivity index (χ1) is 18.9. The maximum absolute atomic E-state index is 11.8. The summed E-state index contributed by atoms with van der Waals surface area (Å²) in [6.45, 7) is 9.62. The van der Waals surface area contributed by atoms with Gasteiger partial charge < -0.3 is 44.0 Å². The average molecular weight is 562 g/mol. The van der Waals surface area contributed by atoms with Gasteiger partial charge in [-0.1, -0.05) is 0 Å². The van der Waals surface area contributed by atoms with Crippen LogP contribution >= 0.6 is 0 Å². The molecule has 0 saturated carbocycles. The van der Waals surface area contributed by atoms with Crippen molar-refractivity contribution in [2.24, 2.45) is 0 Å². The summed E-state index contributed by atoms with van der Waals surface area (Å²) in [5.74, 6) is -0.537. The van der Waals surface area contributed by atoms with Gasteiger partial charge in [0.25, 0.3) is 0 Å². The third-order valence-corrected chi connectivity index (χ3v) is 4.72. The van der Waals surface area contributed by atoms with E-state index < -0.39 is 0 Å². The lowest BCUT2D eigenvalue weighted by Crippen LogP contribution is -2.33. The van der Waals surface area contributed by atoms with Crippen LogP contribution in [0.2, 0.25) is 0 Å². The Morgan fingerprint density at radius 3 is 1.62 bits per heavy atom. The van der Waals surface area contributed by atoms with Crippen molar-refractivity contribution in [3.8, 4) is 0 Å². The largest absolute Gasteiger partial charge is 0.379 e. The number of nitrogens with zero attached hydrogens (tertiary/aromatic N) is 1. The number of ether oxygens (including phenoxy) is 6. The molecular formula is C26H47N3O10. The van der Waals surface area contributed by atoms with Gasteiger partial charge in [0.2, 0.25) is 17.7 Å². The molecule has 0 saturated heterocycles. The smallest absolute Gasteiger partial charge is 0.246 e. The molecule has 0 spiro atoms. The van der Waals surface area contributed by atoms with Gasteiger partial charge in [-0.3, -0.25) is 19.2 Å². The molecule has 2 N–H and O–H groups in total. The van der Waals surface area contributed by atoms with Crippen LogP contribution in [0.3, 0.4) is 0 Å². The highest BCUT2D eigenvalue weighted by Crippen LogP contribution is 1.91. The van der Waals surface area contributed by atoms with E-state index in [4.69, 9.17) is 28.4 Å². The van der Waals surface area contributed by atoms with Crippen LogP contribution in [0.4, 0.5) is 0 Å². The number of likely N-dealkylation sites (N-methyl/N-ethyl adjacent to an activating group) is 1. The number of hydrogen-bond donors (Lipinski definition) is 2. The number of amides is 3. The van der Waals surface area contributed by atoms with E-state index in [2.05, 4.69) is 10.6 Å². The van der Waals surface area contributed by atoms with E-state index in [-0.39, 0.29) is 36.7 Å². The normalized spacial score (nSPS) is 11.2. The van der Waals surface area contributed by atoms with Gasteiger partial charge in [0.15, 0.2) is 0 Å². The van der Waals surface area contributed by atoms with Crippen molar-refractivity contribution in [1.29, 1.82) is 0 Å². The number of rotatable bonds is 27. The second-order valence-electron chi connectivity index (χ2n) is 8.50. The van der Waals surface area contributed by atoms with Crippen molar-refractivity contribution in [1.82, 2.24) is 15.5 Å². The molecule has 39 heavy (non-hydrogen) atoms. The number of carbonyl (C=O) groups is 4. The van der Waals surface area contributed by atoms with Gasteiger partial charge in [0.05, 0.1) is 79.3 Å². The van der Waals surface area contributed by atoms with Gasteiger partial charge in [-0.25, -0.2) is 0 Å². The lowest BCUT2D eigenvalue weighted by atomic mass is 10.3. The molecule has 0 aromatic heterocycles. The average Bonchev–Trinajstić information content (AvgIpc) is 2.90. The Balaban J connectivity index is 3.28. The molecule has 0 aliphatic heterocycles. The van der Waals surface area contributed by atoms with E-state index in [0.29, 0.717) is 98.5 Å². The van der Waals surface area contributed by atoms with Crippen LogP contribution in [0.1, 0.15) is 26.7 Å². The van der Waals surface area contributed by atoms with E-state index in [1.165, 1.54) is 4.90 Å². The number of allylic oxidation sites excluding steroid dienone is 1. The molecule has 0 fully saturated rings. The van der Waals surface area contributed by atoms with Crippen LogP contribution in [-0.2, 0) is 47.6 Å². The fourth-order valence-electron chi connectivity index (χ4n) is 2.74. The van der Waals surface area contributed by atoms with Crippen molar-refractivity contribution in [2.75, 3.05) is 99.4 Å². The Bertz CT molecular complexity index is 676. The quantitative estimate of drug-likeness (QED) is 0.0778. The van der Waals surface area contributed by atoms with Crippen LogP contribution in [-0.4, -0.2) is 134 Å². The molecule has 0 aliphatic carbocycles. The fourth-order valence-corrected chi connectivity index (χ4v) is 2.74. The monoisotopic (exact) mass is 561 g/mol. The van der Waals surface area contributed by atoms with E-state index in [1.54, 1.807) is 7.05 Å². The number of nitrogens with one attached hydrogen (secondary N) is 2. The lowest BCUT2D eigenvalue weighted by Gasteiger charge is -2.14. The zero-order valence-corrected chi connectivity index (χ0v) is 23.7. The predicted molar refractivity (Wildman–Crippen MR) is 143 cm³/mol. The molecule has 0 bridgehead atoms. The summed E-state index contributed by atoms with van der Waals surface area (Å²) in [6, 6.07) is 0.136. The van der Waals surface area contributed by atoms with Gasteiger partial charge in [0.1, 0.15) is 6.29 Å². The second kappa shape index (κ2) is 27.2. The van der Waals surface area contributed by atoms with Gasteiger partial charge in [-0.05, 0) is 19.9 Å². The fraction of sp³-hybridized carbons (Fsp3) is 0.769. The minimum Gasteiger partial charge on any atom is -0.379 e. The minimum atomic E-state index is -0.334. The molecule has 0 unspecified atom stereocenters. The van der Waals surface area contributed by atoms with Crippen molar-refractivity contribution < 1.29 is 47.6 Å². The molecule has 0 heterocycles. The van der Waals surface area contributed by atoms with Crippen LogP contribution in [0.5, 0.6) is 0 Å². The Labute approximate surface area is 231 Å². The Kier molecular flexibility index (Phi) is 25.5. The standard InChI is InChI=1S/C26H47N3O10/c1-23(2)28-25(32)7-11-34-13-15-36-17-19-38-21-22-39-20-18-37-16-14-35-12-8-27-24(31)6-9-29(3)26(33)5-4-10-30/h4-5,10,23H,6-9,11-22H2,1-3H3,(H,27,31)(H,28,32)/b5-4-. The predicted octanol–water partition coefficient (Wildman–Crippen LogP) is -0.279. The summed E-state index contributed by atoms with van der Waals surface area (Å²) in [4.78, 5) is 46.4. The lowest BCUT2D eigenvalue weighted by molar-refractivity contribution is -0.126. The van der Waals surface area contributed by atoms with Crippen molar-refractivity contribution in [3.63, 3.8) is 0 Å². The SMILES string of the molecule is CC(C)NC(=O)CCOCCOCCOCCOCCOCCOCCNC(=O)CCN(C)C(=O)/C=C\C=O. The summed E-state index contributed by atoms with van der Waals surface area (Å²) in [5.41, 5.74) is 0. The van der Waals surface area contributed by atoms with Gasteiger partial charge >= 0.3 is 0 Å². The highest BCUT2D eigenvalue weighted by molar-refractivity contribution is 5.91. The second-order valence-corrected chi connectivity index (χ2v) is 8.50. The first-order valence-corrected chi connectivity index (χ1v) is 13.3. The Morgan fingerprint density at radius 1 is 0.692 bits per heavy atom. The molecule has 13 heteroatoms. The zero-order valence-electron chi connectivity index (χ0n) is 23.7. The highest BCUT2D eigenvalue weighted by atomic mass is 16.6. The van der Waals surface area contributed by atoms with Gasteiger partial charge in [-0.2, -0.15) is 0 Å².